The first kappa shape index (κ1) is 31.0. The second-order valence-electron chi connectivity index (χ2n) is 9.59. The molecule has 0 spiro atoms. The summed E-state index contributed by atoms with van der Waals surface area (Å²) >= 11 is 0. The molecule has 1 fully saturated rings. The van der Waals surface area contributed by atoms with E-state index in [0.717, 1.165) is 22.9 Å². The lowest BCUT2D eigenvalue weighted by atomic mass is 9.87. The lowest BCUT2D eigenvalue weighted by molar-refractivity contribution is -0.0875. The topological polar surface area (TPSA) is 64.6 Å². The van der Waals surface area contributed by atoms with Crippen LogP contribution in [-0.4, -0.2) is 66.8 Å². The maximum absolute atomic E-state index is 6.68. The standard InChI is InChI=1S/C18H28O6Si3.C8H16O/c1-19-25(5,20-2)23-27(17-13-9-7-10-14-17,18-15-11-8-12-16-18)24-26(6,21-3)22-4;1-7-5-4-6-9-8(7,2)3/h7-16H,1-6H3;7H,4-6H2,1-3H3. The van der Waals surface area contributed by atoms with E-state index in [0.29, 0.717) is 0 Å². The Kier molecular flexibility index (Phi) is 11.7. The number of rotatable bonds is 10. The van der Waals surface area contributed by atoms with Crippen molar-refractivity contribution in [1.82, 2.24) is 0 Å². The minimum absolute atomic E-state index is 0.137. The fourth-order valence-electron chi connectivity index (χ4n) is 3.81. The molecule has 0 amide bonds. The Morgan fingerprint density at radius 3 is 1.39 bits per heavy atom. The van der Waals surface area contributed by atoms with Crippen molar-refractivity contribution in [3.05, 3.63) is 60.7 Å². The normalized spacial score (nSPS) is 18.3. The van der Waals surface area contributed by atoms with Crippen LogP contribution in [0.1, 0.15) is 33.6 Å². The van der Waals surface area contributed by atoms with Crippen LogP contribution in [0.15, 0.2) is 60.7 Å². The molecule has 0 radical (unpaired) electrons. The molecule has 1 aliphatic rings. The highest BCUT2D eigenvalue weighted by Crippen LogP contribution is 2.29. The van der Waals surface area contributed by atoms with Gasteiger partial charge in [-0.25, -0.2) is 0 Å². The van der Waals surface area contributed by atoms with E-state index in [9.17, 15) is 0 Å². The molecule has 2 aromatic carbocycles. The molecular formula is C26H44O7Si3. The van der Waals surface area contributed by atoms with Crippen LogP contribution in [-0.2, 0) is 30.7 Å². The molecule has 202 valence electrons. The Hall–Kier alpha value is -1.19. The third-order valence-electron chi connectivity index (χ3n) is 6.89. The zero-order valence-electron chi connectivity index (χ0n) is 23.3. The van der Waals surface area contributed by atoms with Gasteiger partial charge in [-0.05, 0) is 43.0 Å². The SMILES string of the molecule is CC1CCCOC1(C)C.CO[Si](C)(OC)O[Si](O[Si](C)(OC)OC)(c1ccccc1)c1ccccc1. The van der Waals surface area contributed by atoms with Gasteiger partial charge in [-0.3, -0.25) is 0 Å². The summed E-state index contributed by atoms with van der Waals surface area (Å²) in [6, 6.07) is 19.8. The fraction of sp³-hybridized carbons (Fsp3) is 0.538. The predicted octanol–water partition coefficient (Wildman–Crippen LogP) is 4.21. The van der Waals surface area contributed by atoms with Gasteiger partial charge in [0, 0.05) is 48.1 Å². The van der Waals surface area contributed by atoms with Crippen LogP contribution < -0.4 is 10.4 Å². The van der Waals surface area contributed by atoms with Crippen LogP contribution in [0.3, 0.4) is 0 Å². The van der Waals surface area contributed by atoms with E-state index in [2.05, 4.69) is 20.8 Å². The second-order valence-corrected chi connectivity index (χ2v) is 18.7. The maximum Gasteiger partial charge on any atom is 0.488 e. The molecule has 10 heteroatoms. The van der Waals surface area contributed by atoms with Crippen molar-refractivity contribution in [1.29, 1.82) is 0 Å². The van der Waals surface area contributed by atoms with Crippen LogP contribution in [0.2, 0.25) is 13.1 Å². The Balaban J connectivity index is 0.000000425. The molecule has 0 N–H and O–H groups in total. The van der Waals surface area contributed by atoms with Crippen molar-refractivity contribution in [2.75, 3.05) is 35.0 Å². The molecule has 36 heavy (non-hydrogen) atoms. The van der Waals surface area contributed by atoms with Gasteiger partial charge < -0.3 is 30.7 Å². The Morgan fingerprint density at radius 2 is 1.11 bits per heavy atom. The highest BCUT2D eigenvalue weighted by Gasteiger charge is 2.55. The molecule has 0 bridgehead atoms. The van der Waals surface area contributed by atoms with E-state index < -0.39 is 26.2 Å². The van der Waals surface area contributed by atoms with Gasteiger partial charge in [-0.2, -0.15) is 0 Å². The first-order chi connectivity index (χ1) is 17.0. The van der Waals surface area contributed by atoms with Gasteiger partial charge in [-0.1, -0.05) is 67.6 Å². The van der Waals surface area contributed by atoms with Crippen LogP contribution in [0.25, 0.3) is 0 Å². The van der Waals surface area contributed by atoms with E-state index in [1.165, 1.54) is 12.8 Å². The third kappa shape index (κ3) is 7.90. The molecule has 1 atom stereocenters. The van der Waals surface area contributed by atoms with E-state index in [1.54, 1.807) is 28.4 Å². The molecule has 3 rings (SSSR count). The maximum atomic E-state index is 6.68. The smallest absolute Gasteiger partial charge is 0.387 e. The van der Waals surface area contributed by atoms with Crippen molar-refractivity contribution in [2.45, 2.75) is 52.3 Å². The number of ether oxygens (including phenoxy) is 1. The van der Waals surface area contributed by atoms with E-state index in [4.69, 9.17) is 30.7 Å². The summed E-state index contributed by atoms with van der Waals surface area (Å²) in [5.74, 6) is 0.728. The number of hydrogen-bond donors (Lipinski definition) is 0. The molecule has 2 aromatic rings. The number of benzene rings is 2. The minimum Gasteiger partial charge on any atom is -0.387 e. The van der Waals surface area contributed by atoms with Crippen LogP contribution in [0, 0.1) is 5.92 Å². The van der Waals surface area contributed by atoms with E-state index in [-0.39, 0.29) is 5.60 Å². The van der Waals surface area contributed by atoms with Gasteiger partial charge >= 0.3 is 26.2 Å². The molecular weight excluding hydrogens is 509 g/mol. The molecule has 7 nitrogen and oxygen atoms in total. The second kappa shape index (κ2) is 13.6. The Morgan fingerprint density at radius 1 is 0.722 bits per heavy atom. The summed E-state index contributed by atoms with van der Waals surface area (Å²) in [4.78, 5) is 0. The minimum atomic E-state index is -3.28. The summed E-state index contributed by atoms with van der Waals surface area (Å²) in [6.07, 6.45) is 2.57. The van der Waals surface area contributed by atoms with Gasteiger partial charge in [-0.15, -0.1) is 0 Å². The van der Waals surface area contributed by atoms with Gasteiger partial charge in [0.05, 0.1) is 5.60 Å². The van der Waals surface area contributed by atoms with Gasteiger partial charge in [0.25, 0.3) is 0 Å². The molecule has 1 aliphatic heterocycles. The molecule has 0 saturated carbocycles. The van der Waals surface area contributed by atoms with Crippen LogP contribution in [0.4, 0.5) is 0 Å². The van der Waals surface area contributed by atoms with Gasteiger partial charge in [0.2, 0.25) is 0 Å². The van der Waals surface area contributed by atoms with Crippen molar-refractivity contribution in [2.24, 2.45) is 5.92 Å². The molecule has 0 aromatic heterocycles. The molecule has 1 saturated heterocycles. The highest BCUT2D eigenvalue weighted by molar-refractivity contribution is 7.00. The van der Waals surface area contributed by atoms with Crippen molar-refractivity contribution < 1.29 is 30.7 Å². The largest absolute Gasteiger partial charge is 0.488 e. The van der Waals surface area contributed by atoms with Gasteiger partial charge in [0.15, 0.2) is 0 Å². The first-order valence-electron chi connectivity index (χ1n) is 12.4. The zero-order valence-corrected chi connectivity index (χ0v) is 26.3. The third-order valence-corrected chi connectivity index (χ3v) is 17.3. The average molecular weight is 553 g/mol. The zero-order chi connectivity index (χ0) is 26.9. The summed E-state index contributed by atoms with van der Waals surface area (Å²) < 4.78 is 41.5. The fourth-order valence-corrected chi connectivity index (χ4v) is 13.7. The number of hydrogen-bond acceptors (Lipinski definition) is 7. The molecule has 1 unspecified atom stereocenters. The van der Waals surface area contributed by atoms with E-state index >= 15 is 0 Å². The predicted molar refractivity (Wildman–Crippen MR) is 150 cm³/mol. The summed E-state index contributed by atoms with van der Waals surface area (Å²) in [5.41, 5.74) is 0.137. The molecule has 1 heterocycles. The van der Waals surface area contributed by atoms with Gasteiger partial charge in [0.1, 0.15) is 0 Å². The first-order valence-corrected chi connectivity index (χ1v) is 18.6. The summed E-state index contributed by atoms with van der Waals surface area (Å²) in [7, 11) is -2.86. The van der Waals surface area contributed by atoms with Crippen LogP contribution in [0.5, 0.6) is 0 Å². The lowest BCUT2D eigenvalue weighted by Crippen LogP contribution is -2.72. The van der Waals surface area contributed by atoms with E-state index in [1.807, 2.05) is 73.8 Å². The molecule has 0 aliphatic carbocycles. The summed E-state index contributed by atoms with van der Waals surface area (Å²) in [6.45, 7) is 11.3. The quantitative estimate of drug-likeness (QED) is 0.409. The van der Waals surface area contributed by atoms with Crippen molar-refractivity contribution in [3.63, 3.8) is 0 Å². The highest BCUT2D eigenvalue weighted by atomic mass is 28.5. The van der Waals surface area contributed by atoms with Crippen molar-refractivity contribution in [3.8, 4) is 0 Å². The lowest BCUT2D eigenvalue weighted by Gasteiger charge is -2.41. The average Bonchev–Trinajstić information content (AvgIpc) is 2.91. The Bertz CT molecular complexity index is 829. The van der Waals surface area contributed by atoms with Crippen molar-refractivity contribution >= 4 is 36.5 Å². The summed E-state index contributed by atoms with van der Waals surface area (Å²) in [5, 5.41) is 1.86. The Labute approximate surface area is 221 Å². The van der Waals surface area contributed by atoms with Crippen LogP contribution >= 0.6 is 0 Å². The monoisotopic (exact) mass is 552 g/mol.